The molecule has 0 aliphatic carbocycles. The predicted molar refractivity (Wildman–Crippen MR) is 104 cm³/mol. The van der Waals surface area contributed by atoms with Crippen molar-refractivity contribution in [2.45, 2.75) is 46.6 Å². The summed E-state index contributed by atoms with van der Waals surface area (Å²) < 4.78 is 5.75. The van der Waals surface area contributed by atoms with Gasteiger partial charge in [-0.1, -0.05) is 41.4 Å². The van der Waals surface area contributed by atoms with Crippen molar-refractivity contribution in [1.82, 2.24) is 5.32 Å². The van der Waals surface area contributed by atoms with Gasteiger partial charge in [-0.2, -0.15) is 0 Å². The van der Waals surface area contributed by atoms with Gasteiger partial charge in [-0.3, -0.25) is 4.79 Å². The van der Waals surface area contributed by atoms with Crippen molar-refractivity contribution < 1.29 is 9.53 Å². The van der Waals surface area contributed by atoms with Crippen molar-refractivity contribution in [2.75, 3.05) is 6.54 Å². The molecule has 0 radical (unpaired) electrons. The van der Waals surface area contributed by atoms with Gasteiger partial charge in [0.05, 0.1) is 0 Å². The van der Waals surface area contributed by atoms with Crippen molar-refractivity contribution >= 4 is 17.5 Å². The molecular formula is C21H26ClNO2. The Bertz CT molecular complexity index is 702. The topological polar surface area (TPSA) is 38.3 Å². The molecule has 0 aliphatic rings. The molecule has 1 N–H and O–H groups in total. The molecule has 2 rings (SSSR count). The summed E-state index contributed by atoms with van der Waals surface area (Å²) in [7, 11) is 0. The zero-order chi connectivity index (χ0) is 18.4. The molecule has 25 heavy (non-hydrogen) atoms. The summed E-state index contributed by atoms with van der Waals surface area (Å²) in [5, 5.41) is 3.67. The predicted octanol–water partition coefficient (Wildman–Crippen LogP) is 4.78. The summed E-state index contributed by atoms with van der Waals surface area (Å²) >= 11 is 6.16. The number of ether oxygens (including phenoxy) is 1. The third-order valence-corrected chi connectivity index (χ3v) is 4.75. The summed E-state index contributed by atoms with van der Waals surface area (Å²) in [6.45, 7) is 8.33. The molecule has 2 aromatic carbocycles. The summed E-state index contributed by atoms with van der Waals surface area (Å²) in [4.78, 5) is 12.2. The Morgan fingerprint density at radius 3 is 2.32 bits per heavy atom. The number of aryl methyl sites for hydroxylation is 4. The van der Waals surface area contributed by atoms with Crippen molar-refractivity contribution in [3.8, 4) is 5.75 Å². The van der Waals surface area contributed by atoms with Gasteiger partial charge in [-0.05, 0) is 69.4 Å². The second-order valence-electron chi connectivity index (χ2n) is 6.51. The summed E-state index contributed by atoms with van der Waals surface area (Å²) in [6.07, 6.45) is 1.31. The Morgan fingerprint density at radius 1 is 1.12 bits per heavy atom. The Labute approximate surface area is 155 Å². The Hall–Kier alpha value is -2.00. The minimum Gasteiger partial charge on any atom is -0.481 e. The summed E-state index contributed by atoms with van der Waals surface area (Å²) in [6, 6.07) is 12.2. The average Bonchev–Trinajstić information content (AvgIpc) is 2.57. The second kappa shape index (κ2) is 8.91. The normalized spacial score (nSPS) is 11.9. The summed E-state index contributed by atoms with van der Waals surface area (Å²) in [5.41, 5.74) is 4.44. The van der Waals surface area contributed by atoms with E-state index in [0.717, 1.165) is 29.0 Å². The third-order valence-electron chi connectivity index (χ3n) is 4.15. The smallest absolute Gasteiger partial charge is 0.260 e. The fourth-order valence-corrected chi connectivity index (χ4v) is 2.74. The number of hydrogen-bond donors (Lipinski definition) is 1. The van der Waals surface area contributed by atoms with Gasteiger partial charge in [0.2, 0.25) is 0 Å². The minimum atomic E-state index is -0.542. The number of benzene rings is 2. The second-order valence-corrected chi connectivity index (χ2v) is 6.89. The zero-order valence-corrected chi connectivity index (χ0v) is 16.1. The van der Waals surface area contributed by atoms with Crippen molar-refractivity contribution in [2.24, 2.45) is 0 Å². The molecule has 1 atom stereocenters. The number of carbonyl (C=O) groups excluding carboxylic acids is 1. The first-order chi connectivity index (χ1) is 11.9. The maximum Gasteiger partial charge on any atom is 0.260 e. The van der Waals surface area contributed by atoms with Gasteiger partial charge >= 0.3 is 0 Å². The molecule has 0 saturated carbocycles. The molecule has 0 fully saturated rings. The zero-order valence-electron chi connectivity index (χ0n) is 15.4. The molecule has 0 aromatic heterocycles. The highest BCUT2D eigenvalue weighted by atomic mass is 35.5. The Balaban J connectivity index is 1.77. The standard InChI is InChI=1S/C21H26ClNO2/c1-14-7-9-18(10-8-14)6-5-11-23-21(24)17(4)25-19-12-15(2)20(22)16(3)13-19/h7-10,12-13,17H,5-6,11H2,1-4H3,(H,23,24). The molecular weight excluding hydrogens is 334 g/mol. The first-order valence-corrected chi connectivity index (χ1v) is 9.01. The Kier molecular flexibility index (Phi) is 6.89. The van der Waals surface area contributed by atoms with Crippen molar-refractivity contribution in [3.63, 3.8) is 0 Å². The van der Waals surface area contributed by atoms with Crippen molar-refractivity contribution in [1.29, 1.82) is 0 Å². The van der Waals surface area contributed by atoms with E-state index in [1.165, 1.54) is 11.1 Å². The molecule has 0 aliphatic heterocycles. The number of rotatable bonds is 7. The molecule has 134 valence electrons. The highest BCUT2D eigenvalue weighted by molar-refractivity contribution is 6.32. The van der Waals surface area contributed by atoms with Crippen LogP contribution in [0.15, 0.2) is 36.4 Å². The number of carbonyl (C=O) groups is 1. The highest BCUT2D eigenvalue weighted by Gasteiger charge is 2.15. The molecule has 1 unspecified atom stereocenters. The largest absolute Gasteiger partial charge is 0.481 e. The van der Waals surface area contributed by atoms with Crippen LogP contribution in [0.1, 0.15) is 35.6 Å². The fraction of sp³-hybridized carbons (Fsp3) is 0.381. The van der Waals surface area contributed by atoms with E-state index in [1.807, 2.05) is 26.0 Å². The monoisotopic (exact) mass is 359 g/mol. The molecule has 0 heterocycles. The van der Waals surface area contributed by atoms with Gasteiger partial charge in [0.1, 0.15) is 5.75 Å². The van der Waals surface area contributed by atoms with Crippen LogP contribution in [0.2, 0.25) is 5.02 Å². The number of nitrogens with one attached hydrogen (secondary N) is 1. The van der Waals surface area contributed by atoms with Crippen molar-refractivity contribution in [3.05, 3.63) is 63.7 Å². The fourth-order valence-electron chi connectivity index (χ4n) is 2.63. The van der Waals surface area contributed by atoms with Crippen LogP contribution < -0.4 is 10.1 Å². The van der Waals surface area contributed by atoms with Gasteiger partial charge in [-0.15, -0.1) is 0 Å². The summed E-state index contributed by atoms with van der Waals surface area (Å²) in [5.74, 6) is 0.566. The molecule has 3 nitrogen and oxygen atoms in total. The lowest BCUT2D eigenvalue weighted by Crippen LogP contribution is -2.37. The van der Waals surface area contributed by atoms with Crippen LogP contribution in [0.25, 0.3) is 0 Å². The van der Waals surface area contributed by atoms with E-state index in [-0.39, 0.29) is 5.91 Å². The van der Waals surface area contributed by atoms with Gasteiger partial charge < -0.3 is 10.1 Å². The van der Waals surface area contributed by atoms with Crippen LogP contribution in [-0.4, -0.2) is 18.6 Å². The molecule has 0 bridgehead atoms. The van der Waals surface area contributed by atoms with E-state index in [2.05, 4.69) is 36.5 Å². The van der Waals surface area contributed by atoms with Crippen LogP contribution in [0.3, 0.4) is 0 Å². The lowest BCUT2D eigenvalue weighted by Gasteiger charge is -2.16. The van der Waals surface area contributed by atoms with E-state index >= 15 is 0 Å². The molecule has 0 spiro atoms. The first-order valence-electron chi connectivity index (χ1n) is 8.63. The molecule has 2 aromatic rings. The minimum absolute atomic E-state index is 0.103. The van der Waals surface area contributed by atoms with E-state index in [1.54, 1.807) is 6.92 Å². The van der Waals surface area contributed by atoms with Crippen LogP contribution in [-0.2, 0) is 11.2 Å². The number of hydrogen-bond acceptors (Lipinski definition) is 2. The number of amides is 1. The van der Waals surface area contributed by atoms with Crippen LogP contribution in [0.5, 0.6) is 5.75 Å². The lowest BCUT2D eigenvalue weighted by molar-refractivity contribution is -0.127. The highest BCUT2D eigenvalue weighted by Crippen LogP contribution is 2.26. The molecule has 4 heteroatoms. The van der Waals surface area contributed by atoms with Gasteiger partial charge in [-0.25, -0.2) is 0 Å². The maximum atomic E-state index is 12.2. The van der Waals surface area contributed by atoms with E-state index in [0.29, 0.717) is 12.3 Å². The van der Waals surface area contributed by atoms with Crippen LogP contribution in [0, 0.1) is 20.8 Å². The Morgan fingerprint density at radius 2 is 1.72 bits per heavy atom. The molecule has 0 saturated heterocycles. The quantitative estimate of drug-likeness (QED) is 0.722. The third kappa shape index (κ3) is 5.79. The van der Waals surface area contributed by atoms with Gasteiger partial charge in [0, 0.05) is 11.6 Å². The van der Waals surface area contributed by atoms with E-state index in [4.69, 9.17) is 16.3 Å². The van der Waals surface area contributed by atoms with E-state index in [9.17, 15) is 4.79 Å². The lowest BCUT2D eigenvalue weighted by atomic mass is 10.1. The van der Waals surface area contributed by atoms with Crippen LogP contribution in [0.4, 0.5) is 0 Å². The van der Waals surface area contributed by atoms with Crippen LogP contribution >= 0.6 is 11.6 Å². The molecule has 1 amide bonds. The van der Waals surface area contributed by atoms with Gasteiger partial charge in [0.25, 0.3) is 5.91 Å². The maximum absolute atomic E-state index is 12.2. The number of halogens is 1. The van der Waals surface area contributed by atoms with E-state index < -0.39 is 6.10 Å². The SMILES string of the molecule is Cc1ccc(CCCNC(=O)C(C)Oc2cc(C)c(Cl)c(C)c2)cc1. The first kappa shape index (κ1) is 19.3. The van der Waals surface area contributed by atoms with Gasteiger partial charge in [0.15, 0.2) is 6.10 Å². The average molecular weight is 360 g/mol.